The molecule has 0 radical (unpaired) electrons. The minimum Gasteiger partial charge on any atom is -0.461 e. The molecule has 0 spiro atoms. The number of benzene rings is 3. The summed E-state index contributed by atoms with van der Waals surface area (Å²) in [7, 11) is 1.45. The molecule has 6 aromatic rings. The number of piperidine rings is 3. The van der Waals surface area contributed by atoms with Crippen LogP contribution in [0.2, 0.25) is 0 Å². The third kappa shape index (κ3) is 11.1. The molecule has 18 heteroatoms. The average Bonchev–Trinajstić information content (AvgIpc) is 2.93. The molecular formula is C64H78F2N10O6. The van der Waals surface area contributed by atoms with Gasteiger partial charge in [0.2, 0.25) is 11.8 Å². The lowest BCUT2D eigenvalue weighted by Crippen LogP contribution is -2.43. The highest BCUT2D eigenvalue weighted by Crippen LogP contribution is 2.43. The molecule has 2 atom stereocenters. The van der Waals surface area contributed by atoms with Crippen LogP contribution in [0.5, 0.6) is 6.01 Å². The summed E-state index contributed by atoms with van der Waals surface area (Å²) in [6.07, 6.45) is 18.9. The van der Waals surface area contributed by atoms with Gasteiger partial charge in [-0.2, -0.15) is 15.1 Å². The van der Waals surface area contributed by atoms with Crippen molar-refractivity contribution in [3.8, 4) is 29.6 Å². The Kier molecular flexibility index (Phi) is 17.0. The number of hydrogen-bond acceptors (Lipinski definition) is 13. The van der Waals surface area contributed by atoms with Gasteiger partial charge in [-0.15, -0.1) is 6.42 Å². The van der Waals surface area contributed by atoms with Crippen LogP contribution in [0.3, 0.4) is 0 Å². The van der Waals surface area contributed by atoms with E-state index in [1.807, 2.05) is 35.6 Å². The first-order valence-corrected chi connectivity index (χ1v) is 30.1. The second-order valence-corrected chi connectivity index (χ2v) is 23.5. The Morgan fingerprint density at radius 3 is 2.35 bits per heavy atom. The van der Waals surface area contributed by atoms with E-state index in [2.05, 4.69) is 58.0 Å². The van der Waals surface area contributed by atoms with Crippen LogP contribution in [0, 0.1) is 35.8 Å². The van der Waals surface area contributed by atoms with Gasteiger partial charge in [-0.3, -0.25) is 24.5 Å². The normalized spacial score (nSPS) is 21.2. The monoisotopic (exact) mass is 1120 g/mol. The number of aromatic nitrogens is 5. The first-order valence-electron chi connectivity index (χ1n) is 30.1. The summed E-state index contributed by atoms with van der Waals surface area (Å²) in [5.74, 6) is 2.62. The molecule has 16 nitrogen and oxygen atoms in total. The van der Waals surface area contributed by atoms with E-state index < -0.39 is 11.6 Å². The Morgan fingerprint density at radius 1 is 0.878 bits per heavy atom. The lowest BCUT2D eigenvalue weighted by Gasteiger charge is -2.37. The minimum atomic E-state index is -0.585. The topological polar surface area (TPSA) is 160 Å². The highest BCUT2D eigenvalue weighted by atomic mass is 19.1. The van der Waals surface area contributed by atoms with Gasteiger partial charge in [0.1, 0.15) is 29.5 Å². The number of carbonyl (C=O) groups excluding carboxylic acids is 3. The first kappa shape index (κ1) is 56.9. The Morgan fingerprint density at radius 2 is 1.63 bits per heavy atom. The summed E-state index contributed by atoms with van der Waals surface area (Å²) in [4.78, 5) is 59.6. The number of nitrogens with one attached hydrogen (secondary N) is 1. The molecular weight excluding hydrogens is 1040 g/mol. The van der Waals surface area contributed by atoms with Gasteiger partial charge in [0.25, 0.3) is 0 Å². The quantitative estimate of drug-likeness (QED) is 0.108. The number of methoxy groups -OCH3 is 1. The highest BCUT2D eigenvalue weighted by molar-refractivity contribution is 6.04. The number of terminal acetylenes is 1. The van der Waals surface area contributed by atoms with Gasteiger partial charge in [-0.05, 0) is 152 Å². The summed E-state index contributed by atoms with van der Waals surface area (Å²) in [5, 5.41) is 10.1. The van der Waals surface area contributed by atoms with Gasteiger partial charge in [-0.25, -0.2) is 18.6 Å². The van der Waals surface area contributed by atoms with Crippen LogP contribution >= 0.6 is 0 Å². The van der Waals surface area contributed by atoms with Crippen molar-refractivity contribution >= 4 is 62.0 Å². The van der Waals surface area contributed by atoms with E-state index in [1.54, 1.807) is 12.1 Å². The van der Waals surface area contributed by atoms with E-state index in [1.165, 1.54) is 38.1 Å². The number of anilines is 2. The third-order valence-electron chi connectivity index (χ3n) is 18.4. The van der Waals surface area contributed by atoms with Crippen molar-refractivity contribution in [2.45, 2.75) is 141 Å². The second kappa shape index (κ2) is 24.5. The summed E-state index contributed by atoms with van der Waals surface area (Å²) in [6, 6.07) is 15.3. The van der Waals surface area contributed by atoms with Gasteiger partial charge < -0.3 is 28.9 Å². The maximum absolute atomic E-state index is 16.9. The SMILES string of the molecule is C#Cc1c(F)ccc2cccc(-c3nc4c5c(nc(OCC67CCCN6CCC7)nc5c3F)N3CCCOCC3CC4)c12.CC.COC(=O)N1CCC(CC2CCN(c3ccc4c(C5CCC(=O)NC5=O)nn(C(C)C)c4c3)CC2)CC1. The number of rotatable bonds is 9. The van der Waals surface area contributed by atoms with Crippen LogP contribution in [0.15, 0.2) is 48.5 Å². The Bertz CT molecular complexity index is 3390. The zero-order valence-corrected chi connectivity index (χ0v) is 48.3. The van der Waals surface area contributed by atoms with Crippen LogP contribution in [0.1, 0.15) is 140 Å². The van der Waals surface area contributed by atoms with Gasteiger partial charge in [0.05, 0.1) is 59.1 Å². The number of likely N-dealkylation sites (tertiary alicyclic amines) is 1. The standard InChI is InChI=1S/C34H33F2N5O2.C28H39N5O4.C2H6/c1-2-23-25(35)11-9-21-7-3-8-24(27(21)23)30-29(36)31-28-26(37-30)12-10-22-19-42-18-6-17-41(22)32(28)39-33(38-31)43-20-34-13-4-15-40(34)16-5-14-34;1-18(2)33-24-17-21(4-5-22(24)26(30-33)23-6-7-25(34)29-27(23)35)31-12-8-19(9-13-31)16-20-10-14-32(15-11-20)28(36)37-3;1-2/h1,3,7-9,11,22H,4-6,10,12-20H2;4-5,17-20,23H,6-16H2,1-3H3,(H,29,34,35);1-2H3. The minimum absolute atomic E-state index is 0.00280. The number of hydrogen-bond donors (Lipinski definition) is 1. The molecule has 0 saturated carbocycles. The largest absolute Gasteiger partial charge is 0.461 e. The van der Waals surface area contributed by atoms with Crippen molar-refractivity contribution in [3.63, 3.8) is 0 Å². The van der Waals surface area contributed by atoms with Crippen LogP contribution in [0.4, 0.5) is 25.1 Å². The zero-order chi connectivity index (χ0) is 57.2. The molecule has 82 heavy (non-hydrogen) atoms. The molecule has 10 heterocycles. The number of imide groups is 1. The fraction of sp³-hybridized carbons (Fsp3) is 0.547. The number of fused-ring (bicyclic) bond motifs is 5. The van der Waals surface area contributed by atoms with Crippen LogP contribution in [0.25, 0.3) is 43.8 Å². The fourth-order valence-corrected chi connectivity index (χ4v) is 14.2. The zero-order valence-electron chi connectivity index (χ0n) is 48.3. The van der Waals surface area contributed by atoms with Gasteiger partial charge in [0, 0.05) is 73.8 Å². The van der Waals surface area contributed by atoms with Crippen molar-refractivity contribution in [2.24, 2.45) is 11.8 Å². The van der Waals surface area contributed by atoms with Crippen LogP contribution in [-0.2, 0) is 25.5 Å². The molecule has 1 N–H and O–H groups in total. The first-order chi connectivity index (χ1) is 39.9. The van der Waals surface area contributed by atoms with E-state index in [0.717, 1.165) is 120 Å². The van der Waals surface area contributed by atoms with E-state index >= 15 is 4.39 Å². The lowest BCUT2D eigenvalue weighted by molar-refractivity contribution is -0.134. The van der Waals surface area contributed by atoms with E-state index in [0.29, 0.717) is 78.2 Å². The maximum atomic E-state index is 16.9. The molecule has 0 bridgehead atoms. The lowest BCUT2D eigenvalue weighted by atomic mass is 9.83. The van der Waals surface area contributed by atoms with Gasteiger partial charge >= 0.3 is 12.1 Å². The number of halogens is 2. The number of nitrogens with zero attached hydrogens (tertiary/aromatic N) is 9. The molecule has 13 rings (SSSR count). The molecule has 7 aliphatic rings. The molecule has 6 fully saturated rings. The third-order valence-corrected chi connectivity index (χ3v) is 18.4. The van der Waals surface area contributed by atoms with Crippen LogP contribution < -0.4 is 19.9 Å². The summed E-state index contributed by atoms with van der Waals surface area (Å²) in [5.41, 5.74) is 4.55. The second-order valence-electron chi connectivity index (χ2n) is 23.5. The van der Waals surface area contributed by atoms with Crippen molar-refractivity contribution in [1.29, 1.82) is 0 Å². The molecule has 7 aliphatic heterocycles. The number of aryl methyl sites for hydroxylation is 1. The molecule has 434 valence electrons. The molecule has 3 amide bonds. The Balaban J connectivity index is 0.000000169. The molecule has 2 unspecified atom stereocenters. The summed E-state index contributed by atoms with van der Waals surface area (Å²) < 4.78 is 51.0. The van der Waals surface area contributed by atoms with Gasteiger partial charge in [-0.1, -0.05) is 44.0 Å². The highest BCUT2D eigenvalue weighted by Gasteiger charge is 2.45. The van der Waals surface area contributed by atoms with Crippen molar-refractivity contribution in [1.82, 2.24) is 39.8 Å². The van der Waals surface area contributed by atoms with Crippen LogP contribution in [-0.4, -0.2) is 137 Å². The Labute approximate surface area is 479 Å². The van der Waals surface area contributed by atoms with Crippen molar-refractivity contribution in [3.05, 3.63) is 77.1 Å². The van der Waals surface area contributed by atoms with Gasteiger partial charge in [0.15, 0.2) is 5.82 Å². The van der Waals surface area contributed by atoms with E-state index in [-0.39, 0.29) is 64.2 Å². The fourth-order valence-electron chi connectivity index (χ4n) is 14.2. The molecule has 3 aromatic carbocycles. The maximum Gasteiger partial charge on any atom is 0.409 e. The predicted octanol–water partition coefficient (Wildman–Crippen LogP) is 10.9. The predicted molar refractivity (Wildman–Crippen MR) is 314 cm³/mol. The van der Waals surface area contributed by atoms with E-state index in [4.69, 9.17) is 40.7 Å². The number of amides is 3. The smallest absolute Gasteiger partial charge is 0.409 e. The average molecular weight is 1120 g/mol. The molecule has 0 aliphatic carbocycles. The van der Waals surface area contributed by atoms with Crippen molar-refractivity contribution in [2.75, 3.05) is 82.5 Å². The number of ether oxygens (including phenoxy) is 3. The van der Waals surface area contributed by atoms with Crippen molar-refractivity contribution < 1.29 is 37.4 Å². The number of pyridine rings is 1. The molecule has 3 aromatic heterocycles. The summed E-state index contributed by atoms with van der Waals surface area (Å²) in [6.45, 7) is 16.5. The van der Waals surface area contributed by atoms with E-state index in [9.17, 15) is 18.8 Å². The number of carbonyl (C=O) groups is 3. The Hall–Kier alpha value is -6.97. The summed E-state index contributed by atoms with van der Waals surface area (Å²) >= 11 is 0. The molecule has 6 saturated heterocycles.